The van der Waals surface area contributed by atoms with Gasteiger partial charge >= 0.3 is 5.97 Å². The molecule has 1 aliphatic rings. The fraction of sp³-hybridized carbons (Fsp3) is 0.591. The number of sulfonamides is 1. The predicted molar refractivity (Wildman–Crippen MR) is 120 cm³/mol. The molecule has 1 fully saturated rings. The smallest absolute Gasteiger partial charge is 0.325 e. The van der Waals surface area contributed by atoms with Crippen molar-refractivity contribution < 1.29 is 27.5 Å². The number of nitrogens with one attached hydrogen (secondary N) is 1. The molecule has 1 heterocycles. The van der Waals surface area contributed by atoms with Gasteiger partial charge in [0, 0.05) is 13.1 Å². The van der Waals surface area contributed by atoms with Gasteiger partial charge < -0.3 is 14.5 Å². The summed E-state index contributed by atoms with van der Waals surface area (Å²) in [7, 11) is -3.76. The summed E-state index contributed by atoms with van der Waals surface area (Å²) in [6, 6.07) is 7.55. The Morgan fingerprint density at radius 3 is 2.53 bits per heavy atom. The molecule has 10 heteroatoms. The summed E-state index contributed by atoms with van der Waals surface area (Å²) in [4.78, 5) is 40.6. The lowest BCUT2D eigenvalue weighted by Crippen LogP contribution is -2.63. The van der Waals surface area contributed by atoms with Gasteiger partial charge in [-0.25, -0.2) is 13.1 Å². The average Bonchev–Trinajstić information content (AvgIpc) is 2.73. The Kier molecular flexibility index (Phi) is 9.64. The van der Waals surface area contributed by atoms with Crippen LogP contribution < -0.4 is 4.72 Å². The summed E-state index contributed by atoms with van der Waals surface area (Å²) in [6.45, 7) is 5.51. The lowest BCUT2D eigenvalue weighted by molar-refractivity contribution is -0.161. The number of unbranched alkanes of at least 4 members (excludes halogenated alkanes) is 1. The van der Waals surface area contributed by atoms with Crippen LogP contribution in [0.1, 0.15) is 39.2 Å². The topological polar surface area (TPSA) is 113 Å². The summed E-state index contributed by atoms with van der Waals surface area (Å²) in [5.74, 6) is -1.54. The Balaban J connectivity index is 2.13. The molecule has 0 unspecified atom stereocenters. The second-order valence-corrected chi connectivity index (χ2v) is 10.1. The van der Waals surface area contributed by atoms with Gasteiger partial charge in [0.05, 0.1) is 18.9 Å². The lowest BCUT2D eigenvalue weighted by atomic mass is 10.1. The van der Waals surface area contributed by atoms with Crippen LogP contribution in [0, 0.1) is 5.92 Å². The fourth-order valence-electron chi connectivity index (χ4n) is 3.28. The van der Waals surface area contributed by atoms with Crippen LogP contribution in [0.3, 0.4) is 0 Å². The fourth-order valence-corrected chi connectivity index (χ4v) is 4.42. The zero-order valence-electron chi connectivity index (χ0n) is 19.0. The van der Waals surface area contributed by atoms with Gasteiger partial charge in [-0.2, -0.15) is 0 Å². The van der Waals surface area contributed by atoms with Crippen molar-refractivity contribution >= 4 is 27.8 Å². The number of esters is 1. The van der Waals surface area contributed by atoms with E-state index in [-0.39, 0.29) is 37.3 Å². The third-order valence-corrected chi connectivity index (χ3v) is 6.29. The standard InChI is InChI=1S/C22H33N3O6S/c1-4-5-11-24-13-20(26)25(14-21(27)31-15-17(2)3)19(22(24)28)12-23-32(29,30)16-18-9-7-6-8-10-18/h6-10,17,19,23H,4-5,11-16H2,1-3H3/t19-/m0/s1. The van der Waals surface area contributed by atoms with Crippen molar-refractivity contribution in [3.8, 4) is 0 Å². The Morgan fingerprint density at radius 2 is 1.91 bits per heavy atom. The minimum absolute atomic E-state index is 0.128. The summed E-state index contributed by atoms with van der Waals surface area (Å²) in [5, 5.41) is 0. The Labute approximate surface area is 190 Å². The molecular formula is C22H33N3O6S. The van der Waals surface area contributed by atoms with E-state index in [1.54, 1.807) is 30.3 Å². The molecule has 0 aromatic heterocycles. The summed E-state index contributed by atoms with van der Waals surface area (Å²) in [6.07, 6.45) is 1.57. The number of nitrogens with zero attached hydrogens (tertiary/aromatic N) is 2. The van der Waals surface area contributed by atoms with Crippen LogP contribution in [0.15, 0.2) is 30.3 Å². The molecule has 1 saturated heterocycles. The number of piperazine rings is 1. The summed E-state index contributed by atoms with van der Waals surface area (Å²) >= 11 is 0. The number of amides is 2. The number of rotatable bonds is 12. The average molecular weight is 468 g/mol. The quantitative estimate of drug-likeness (QED) is 0.461. The Bertz CT molecular complexity index is 888. The van der Waals surface area contributed by atoms with E-state index in [0.717, 1.165) is 17.7 Å². The molecule has 0 radical (unpaired) electrons. The second-order valence-electron chi connectivity index (χ2n) is 8.32. The largest absolute Gasteiger partial charge is 0.464 e. The van der Waals surface area contributed by atoms with E-state index < -0.39 is 34.5 Å². The second kappa shape index (κ2) is 12.0. The summed E-state index contributed by atoms with van der Waals surface area (Å²) < 4.78 is 32.7. The third-order valence-electron chi connectivity index (χ3n) is 4.97. The van der Waals surface area contributed by atoms with Gasteiger partial charge in [-0.1, -0.05) is 57.5 Å². The van der Waals surface area contributed by atoms with E-state index in [2.05, 4.69) is 4.72 Å². The van der Waals surface area contributed by atoms with Gasteiger partial charge in [0.1, 0.15) is 12.6 Å². The number of carbonyl (C=O) groups excluding carboxylic acids is 3. The van der Waals surface area contributed by atoms with Crippen molar-refractivity contribution in [2.75, 3.05) is 32.8 Å². The number of hydrogen-bond acceptors (Lipinski definition) is 6. The van der Waals surface area contributed by atoms with Gasteiger partial charge in [0.15, 0.2) is 0 Å². The third kappa shape index (κ3) is 7.90. The van der Waals surface area contributed by atoms with Gasteiger partial charge in [-0.15, -0.1) is 0 Å². The number of benzene rings is 1. The maximum absolute atomic E-state index is 13.1. The molecule has 0 spiro atoms. The van der Waals surface area contributed by atoms with Gasteiger partial charge in [-0.05, 0) is 17.9 Å². The number of carbonyl (C=O) groups is 3. The van der Waals surface area contributed by atoms with Crippen molar-refractivity contribution in [3.63, 3.8) is 0 Å². The van der Waals surface area contributed by atoms with E-state index in [0.29, 0.717) is 12.1 Å². The molecular weight excluding hydrogens is 434 g/mol. The normalized spacial score (nSPS) is 17.2. The first-order valence-electron chi connectivity index (χ1n) is 10.9. The summed E-state index contributed by atoms with van der Waals surface area (Å²) in [5.41, 5.74) is 0.602. The molecule has 0 aliphatic carbocycles. The Morgan fingerprint density at radius 1 is 1.22 bits per heavy atom. The number of ether oxygens (including phenoxy) is 1. The van der Waals surface area contributed by atoms with Crippen molar-refractivity contribution in [1.29, 1.82) is 0 Å². The molecule has 32 heavy (non-hydrogen) atoms. The van der Waals surface area contributed by atoms with E-state index in [4.69, 9.17) is 4.74 Å². The van der Waals surface area contributed by atoms with E-state index in [9.17, 15) is 22.8 Å². The first-order valence-corrected chi connectivity index (χ1v) is 12.5. The zero-order chi connectivity index (χ0) is 23.7. The van der Waals surface area contributed by atoms with Gasteiger partial charge in [0.2, 0.25) is 21.8 Å². The zero-order valence-corrected chi connectivity index (χ0v) is 19.8. The van der Waals surface area contributed by atoms with Crippen molar-refractivity contribution in [3.05, 3.63) is 35.9 Å². The highest BCUT2D eigenvalue weighted by Gasteiger charge is 2.40. The van der Waals surface area contributed by atoms with E-state index in [1.807, 2.05) is 20.8 Å². The van der Waals surface area contributed by atoms with Crippen LogP contribution in [0.4, 0.5) is 0 Å². The van der Waals surface area contributed by atoms with Crippen LogP contribution in [0.25, 0.3) is 0 Å². The molecule has 2 rings (SSSR count). The van der Waals surface area contributed by atoms with Crippen LogP contribution in [0.2, 0.25) is 0 Å². The maximum Gasteiger partial charge on any atom is 0.325 e. The minimum atomic E-state index is -3.76. The molecule has 1 aromatic rings. The van der Waals surface area contributed by atoms with Crippen LogP contribution >= 0.6 is 0 Å². The maximum atomic E-state index is 13.1. The molecule has 1 aromatic carbocycles. The molecule has 2 amide bonds. The van der Waals surface area contributed by atoms with Crippen molar-refractivity contribution in [1.82, 2.24) is 14.5 Å². The van der Waals surface area contributed by atoms with Crippen LogP contribution in [0.5, 0.6) is 0 Å². The molecule has 0 bridgehead atoms. The molecule has 1 atom stereocenters. The lowest BCUT2D eigenvalue weighted by Gasteiger charge is -2.39. The van der Waals surface area contributed by atoms with E-state index >= 15 is 0 Å². The first kappa shape index (κ1) is 25.8. The minimum Gasteiger partial charge on any atom is -0.464 e. The highest BCUT2D eigenvalue weighted by molar-refractivity contribution is 7.88. The van der Waals surface area contributed by atoms with Crippen LogP contribution in [-0.2, 0) is 34.9 Å². The molecule has 0 saturated carbocycles. The van der Waals surface area contributed by atoms with Gasteiger partial charge in [-0.3, -0.25) is 14.4 Å². The molecule has 9 nitrogen and oxygen atoms in total. The van der Waals surface area contributed by atoms with Crippen molar-refractivity contribution in [2.45, 2.75) is 45.4 Å². The first-order chi connectivity index (χ1) is 15.1. The van der Waals surface area contributed by atoms with Crippen molar-refractivity contribution in [2.24, 2.45) is 5.92 Å². The molecule has 178 valence electrons. The predicted octanol–water partition coefficient (Wildman–Crippen LogP) is 1.14. The highest BCUT2D eigenvalue weighted by Crippen LogP contribution is 2.15. The number of hydrogen-bond donors (Lipinski definition) is 1. The van der Waals surface area contributed by atoms with E-state index in [1.165, 1.54) is 4.90 Å². The molecule has 1 N–H and O–H groups in total. The SMILES string of the molecule is CCCCN1CC(=O)N(CC(=O)OCC(C)C)[C@@H](CNS(=O)(=O)Cc2ccccc2)C1=O. The van der Waals surface area contributed by atoms with Gasteiger partial charge in [0.25, 0.3) is 0 Å². The van der Waals surface area contributed by atoms with Crippen LogP contribution in [-0.4, -0.2) is 74.8 Å². The monoisotopic (exact) mass is 467 g/mol. The highest BCUT2D eigenvalue weighted by atomic mass is 32.2. The Hall–Kier alpha value is -2.46. The molecule has 1 aliphatic heterocycles.